The van der Waals surface area contributed by atoms with E-state index in [-0.39, 0.29) is 46.6 Å². The second-order valence-electron chi connectivity index (χ2n) is 11.5. The van der Waals surface area contributed by atoms with Crippen LogP contribution in [-0.4, -0.2) is 77.3 Å². The SMILES string of the molecule is CCN1C[C@]2(CO[Si](C)(C)C(C)(C)C)CCC(OC)C3(C(=O)OC)C1[C@H](OC(C)=O)C[C@@H]32. The van der Waals surface area contributed by atoms with Crippen molar-refractivity contribution in [2.24, 2.45) is 16.7 Å². The lowest BCUT2D eigenvalue weighted by molar-refractivity contribution is -0.220. The predicted molar refractivity (Wildman–Crippen MR) is 125 cm³/mol. The summed E-state index contributed by atoms with van der Waals surface area (Å²) in [5.74, 6) is -0.583. The number of ether oxygens (including phenoxy) is 3. The zero-order valence-corrected chi connectivity index (χ0v) is 22.4. The first kappa shape index (κ1) is 25.7. The van der Waals surface area contributed by atoms with E-state index in [4.69, 9.17) is 18.6 Å². The molecule has 3 rings (SSSR count). The molecule has 0 spiro atoms. The van der Waals surface area contributed by atoms with E-state index in [2.05, 4.69) is 45.7 Å². The molecular formula is C24H43NO6Si. The van der Waals surface area contributed by atoms with Crippen LogP contribution in [0.25, 0.3) is 0 Å². The van der Waals surface area contributed by atoms with Crippen LogP contribution < -0.4 is 0 Å². The van der Waals surface area contributed by atoms with Crippen molar-refractivity contribution in [2.75, 3.05) is 33.9 Å². The van der Waals surface area contributed by atoms with Gasteiger partial charge in [-0.1, -0.05) is 27.7 Å². The Morgan fingerprint density at radius 3 is 2.34 bits per heavy atom. The molecule has 2 saturated carbocycles. The van der Waals surface area contributed by atoms with E-state index >= 15 is 0 Å². The summed E-state index contributed by atoms with van der Waals surface area (Å²) < 4.78 is 24.1. The number of piperidine rings is 1. The van der Waals surface area contributed by atoms with Crippen LogP contribution in [0.15, 0.2) is 0 Å². The number of likely N-dealkylation sites (tertiary alicyclic amines) is 1. The highest BCUT2D eigenvalue weighted by atomic mass is 28.4. The Hall–Kier alpha value is -0.963. The number of carbonyl (C=O) groups excluding carboxylic acids is 2. The van der Waals surface area contributed by atoms with Gasteiger partial charge < -0.3 is 18.6 Å². The predicted octanol–water partition coefficient (Wildman–Crippen LogP) is 3.62. The molecule has 7 nitrogen and oxygen atoms in total. The van der Waals surface area contributed by atoms with Crippen LogP contribution in [0.4, 0.5) is 0 Å². The molecule has 8 heteroatoms. The third kappa shape index (κ3) is 3.75. The van der Waals surface area contributed by atoms with Crippen LogP contribution in [0, 0.1) is 16.7 Å². The van der Waals surface area contributed by atoms with Gasteiger partial charge in [0, 0.05) is 32.6 Å². The third-order valence-electron chi connectivity index (χ3n) is 9.05. The lowest BCUT2D eigenvalue weighted by Gasteiger charge is -2.62. The fourth-order valence-corrected chi connectivity index (χ4v) is 7.66. The van der Waals surface area contributed by atoms with Gasteiger partial charge in [-0.2, -0.15) is 0 Å². The van der Waals surface area contributed by atoms with Gasteiger partial charge in [0.25, 0.3) is 0 Å². The first-order valence-electron chi connectivity index (χ1n) is 12.0. The molecule has 1 saturated heterocycles. The number of nitrogens with zero attached hydrogens (tertiary/aromatic N) is 1. The molecule has 0 radical (unpaired) electrons. The molecular weight excluding hydrogens is 426 g/mol. The molecule has 184 valence electrons. The average molecular weight is 470 g/mol. The lowest BCUT2D eigenvalue weighted by Crippen LogP contribution is -2.72. The Morgan fingerprint density at radius 2 is 1.84 bits per heavy atom. The maximum absolute atomic E-state index is 13.6. The highest BCUT2D eigenvalue weighted by Gasteiger charge is 2.76. The van der Waals surface area contributed by atoms with E-state index in [9.17, 15) is 9.59 Å². The molecule has 32 heavy (non-hydrogen) atoms. The Balaban J connectivity index is 2.11. The van der Waals surface area contributed by atoms with Crippen LogP contribution >= 0.6 is 0 Å². The first-order valence-corrected chi connectivity index (χ1v) is 14.9. The number of rotatable bonds is 7. The van der Waals surface area contributed by atoms with Crippen LogP contribution in [0.1, 0.15) is 53.9 Å². The maximum Gasteiger partial charge on any atom is 0.316 e. The summed E-state index contributed by atoms with van der Waals surface area (Å²) in [6.07, 6.45) is 1.68. The Bertz CT molecular complexity index is 736. The standard InChI is InChI=1S/C24H43NO6Si/c1-10-25-14-23(15-30-32(8,9)22(3,4)5)12-11-19(28-6)24(21(27)29-7)18(23)13-17(20(24)25)31-16(2)26/h17-20H,10-15H2,1-9H3/t17-,18-,19?,20?,23+,24?/m1/s1. The van der Waals surface area contributed by atoms with E-state index in [1.54, 1.807) is 7.11 Å². The number of likely N-dealkylation sites (N-methyl/N-ethyl adjacent to an activating group) is 1. The second-order valence-corrected chi connectivity index (χ2v) is 16.4. The molecule has 6 atom stereocenters. The fraction of sp³-hybridized carbons (Fsp3) is 0.917. The highest BCUT2D eigenvalue weighted by Crippen LogP contribution is 2.66. The van der Waals surface area contributed by atoms with Gasteiger partial charge in [-0.25, -0.2) is 0 Å². The molecule has 3 aliphatic rings. The zero-order chi connectivity index (χ0) is 24.1. The summed E-state index contributed by atoms with van der Waals surface area (Å²) in [6.45, 7) is 17.0. The largest absolute Gasteiger partial charge is 0.468 e. The van der Waals surface area contributed by atoms with Gasteiger partial charge in [-0.05, 0) is 49.9 Å². The van der Waals surface area contributed by atoms with Gasteiger partial charge in [0.2, 0.25) is 0 Å². The highest BCUT2D eigenvalue weighted by molar-refractivity contribution is 6.74. The van der Waals surface area contributed by atoms with Gasteiger partial charge in [0.05, 0.1) is 19.3 Å². The molecule has 3 fully saturated rings. The van der Waals surface area contributed by atoms with E-state index < -0.39 is 13.7 Å². The molecule has 0 aromatic rings. The van der Waals surface area contributed by atoms with Crippen LogP contribution in [0.3, 0.4) is 0 Å². The minimum Gasteiger partial charge on any atom is -0.468 e. The molecule has 0 N–H and O–H groups in total. The number of hydrogen-bond donors (Lipinski definition) is 0. The van der Waals surface area contributed by atoms with Crippen molar-refractivity contribution >= 4 is 20.3 Å². The summed E-state index contributed by atoms with van der Waals surface area (Å²) in [7, 11) is 1.15. The molecule has 2 aliphatic carbocycles. The summed E-state index contributed by atoms with van der Waals surface area (Å²) >= 11 is 0. The Kier molecular flexibility index (Phi) is 6.95. The number of hydrogen-bond acceptors (Lipinski definition) is 7. The Morgan fingerprint density at radius 1 is 1.19 bits per heavy atom. The van der Waals surface area contributed by atoms with Crippen LogP contribution in [0.5, 0.6) is 0 Å². The average Bonchev–Trinajstić information content (AvgIpc) is 2.97. The van der Waals surface area contributed by atoms with E-state index in [1.807, 2.05) is 0 Å². The lowest BCUT2D eigenvalue weighted by atomic mass is 9.51. The second kappa shape index (κ2) is 8.67. The Labute approximate surface area is 194 Å². The first-order chi connectivity index (χ1) is 14.8. The van der Waals surface area contributed by atoms with Gasteiger partial charge in [0.15, 0.2) is 8.32 Å². The van der Waals surface area contributed by atoms with Crippen molar-refractivity contribution in [2.45, 2.75) is 90.3 Å². The normalized spacial score (nSPS) is 37.3. The maximum atomic E-state index is 13.6. The van der Waals surface area contributed by atoms with E-state index in [0.29, 0.717) is 13.0 Å². The number of esters is 2. The summed E-state index contributed by atoms with van der Waals surface area (Å²) in [4.78, 5) is 28.0. The van der Waals surface area contributed by atoms with Gasteiger partial charge in [0.1, 0.15) is 11.5 Å². The van der Waals surface area contributed by atoms with Gasteiger partial charge in [-0.3, -0.25) is 14.5 Å². The molecule has 1 aliphatic heterocycles. The smallest absolute Gasteiger partial charge is 0.316 e. The molecule has 0 aromatic heterocycles. The molecule has 0 amide bonds. The van der Waals surface area contributed by atoms with Crippen molar-refractivity contribution in [3.8, 4) is 0 Å². The molecule has 4 bridgehead atoms. The third-order valence-corrected chi connectivity index (χ3v) is 13.5. The van der Waals surface area contributed by atoms with Crippen molar-refractivity contribution in [3.05, 3.63) is 0 Å². The van der Waals surface area contributed by atoms with Gasteiger partial charge >= 0.3 is 11.9 Å². The van der Waals surface area contributed by atoms with Crippen molar-refractivity contribution in [3.63, 3.8) is 0 Å². The zero-order valence-electron chi connectivity index (χ0n) is 21.4. The topological polar surface area (TPSA) is 74.3 Å². The van der Waals surface area contributed by atoms with Crippen molar-refractivity contribution in [1.82, 2.24) is 4.90 Å². The summed E-state index contributed by atoms with van der Waals surface area (Å²) in [5, 5.41) is 0.102. The monoisotopic (exact) mass is 469 g/mol. The van der Waals surface area contributed by atoms with E-state index in [1.165, 1.54) is 14.0 Å². The minimum atomic E-state index is -1.99. The minimum absolute atomic E-state index is 0.0249. The van der Waals surface area contributed by atoms with Crippen LogP contribution in [0.2, 0.25) is 18.1 Å². The fourth-order valence-electron chi connectivity index (χ4n) is 6.58. The van der Waals surface area contributed by atoms with E-state index in [0.717, 1.165) is 25.9 Å². The van der Waals surface area contributed by atoms with Crippen LogP contribution in [-0.2, 0) is 28.2 Å². The number of carbonyl (C=O) groups is 2. The van der Waals surface area contributed by atoms with Crippen molar-refractivity contribution in [1.29, 1.82) is 0 Å². The molecule has 0 aromatic carbocycles. The number of methoxy groups -OCH3 is 2. The van der Waals surface area contributed by atoms with Gasteiger partial charge in [-0.15, -0.1) is 0 Å². The van der Waals surface area contributed by atoms with Crippen molar-refractivity contribution < 1.29 is 28.2 Å². The quantitative estimate of drug-likeness (QED) is 0.416. The molecule has 3 unspecified atom stereocenters. The summed E-state index contributed by atoms with van der Waals surface area (Å²) in [5.41, 5.74) is -1.08. The molecule has 1 heterocycles. The summed E-state index contributed by atoms with van der Waals surface area (Å²) in [6, 6.07) is -0.250.